The predicted molar refractivity (Wildman–Crippen MR) is 62.1 cm³/mol. The molecule has 0 saturated carbocycles. The standard InChI is InChI=1S/C12H12N4/c1-2-15-9-10(8-14-15)11-4-5-12-13-6-3-7-16(11)12/h3-9H,2H2,1H3. The van der Waals surface area contributed by atoms with Gasteiger partial charge in [0.25, 0.3) is 0 Å². The Bertz CT molecular complexity index is 621. The minimum Gasteiger partial charge on any atom is -0.301 e. The lowest BCUT2D eigenvalue weighted by atomic mass is 10.2. The van der Waals surface area contributed by atoms with Gasteiger partial charge in [0.15, 0.2) is 0 Å². The normalized spacial score (nSPS) is 11.1. The Morgan fingerprint density at radius 1 is 1.31 bits per heavy atom. The first-order chi connectivity index (χ1) is 7.88. The largest absolute Gasteiger partial charge is 0.301 e. The zero-order valence-electron chi connectivity index (χ0n) is 9.04. The van der Waals surface area contributed by atoms with Gasteiger partial charge in [-0.1, -0.05) is 0 Å². The van der Waals surface area contributed by atoms with E-state index in [1.165, 1.54) is 0 Å². The van der Waals surface area contributed by atoms with Gasteiger partial charge in [-0.15, -0.1) is 0 Å². The Morgan fingerprint density at radius 3 is 3.06 bits per heavy atom. The van der Waals surface area contributed by atoms with Crippen LogP contribution in [0.2, 0.25) is 0 Å². The van der Waals surface area contributed by atoms with Crippen LogP contribution in [0.15, 0.2) is 43.0 Å². The molecule has 3 rings (SSSR count). The van der Waals surface area contributed by atoms with Gasteiger partial charge in [0, 0.05) is 30.7 Å². The van der Waals surface area contributed by atoms with Crippen LogP contribution in [-0.4, -0.2) is 19.2 Å². The maximum absolute atomic E-state index is 4.29. The van der Waals surface area contributed by atoms with Crippen LogP contribution in [0.5, 0.6) is 0 Å². The van der Waals surface area contributed by atoms with E-state index in [4.69, 9.17) is 0 Å². The average molecular weight is 212 g/mol. The molecule has 0 N–H and O–H groups in total. The van der Waals surface area contributed by atoms with Gasteiger partial charge in [0.1, 0.15) is 5.65 Å². The smallest absolute Gasteiger partial charge is 0.137 e. The van der Waals surface area contributed by atoms with E-state index in [-0.39, 0.29) is 0 Å². The predicted octanol–water partition coefficient (Wildman–Crippen LogP) is 2.22. The molecule has 4 heteroatoms. The van der Waals surface area contributed by atoms with Gasteiger partial charge in [0.05, 0.1) is 11.9 Å². The molecule has 3 aromatic rings. The third-order valence-corrected chi connectivity index (χ3v) is 2.68. The molecule has 0 spiro atoms. The topological polar surface area (TPSA) is 35.1 Å². The first-order valence-corrected chi connectivity index (χ1v) is 5.33. The van der Waals surface area contributed by atoms with E-state index in [0.29, 0.717) is 0 Å². The molecule has 0 unspecified atom stereocenters. The van der Waals surface area contributed by atoms with Crippen LogP contribution in [0.1, 0.15) is 6.92 Å². The van der Waals surface area contributed by atoms with Crippen molar-refractivity contribution in [1.82, 2.24) is 19.2 Å². The molecule has 4 nitrogen and oxygen atoms in total. The molecule has 0 saturated heterocycles. The highest BCUT2D eigenvalue weighted by Gasteiger charge is 2.06. The maximum atomic E-state index is 4.29. The van der Waals surface area contributed by atoms with E-state index in [9.17, 15) is 0 Å². The second-order valence-corrected chi connectivity index (χ2v) is 3.65. The molecular formula is C12H12N4. The van der Waals surface area contributed by atoms with Crippen LogP contribution in [0.3, 0.4) is 0 Å². The van der Waals surface area contributed by atoms with Crippen molar-refractivity contribution in [3.05, 3.63) is 43.0 Å². The van der Waals surface area contributed by atoms with Crippen molar-refractivity contribution >= 4 is 5.65 Å². The Labute approximate surface area is 93.2 Å². The summed E-state index contributed by atoms with van der Waals surface area (Å²) >= 11 is 0. The lowest BCUT2D eigenvalue weighted by Gasteiger charge is -1.98. The molecule has 0 aliphatic heterocycles. The number of hydrogen-bond acceptors (Lipinski definition) is 2. The van der Waals surface area contributed by atoms with Crippen molar-refractivity contribution in [1.29, 1.82) is 0 Å². The van der Waals surface area contributed by atoms with Crippen molar-refractivity contribution in [2.24, 2.45) is 0 Å². The van der Waals surface area contributed by atoms with Crippen LogP contribution < -0.4 is 0 Å². The zero-order valence-corrected chi connectivity index (χ0v) is 9.04. The number of hydrogen-bond donors (Lipinski definition) is 0. The number of fused-ring (bicyclic) bond motifs is 1. The molecule has 16 heavy (non-hydrogen) atoms. The minimum absolute atomic E-state index is 0.890. The summed E-state index contributed by atoms with van der Waals surface area (Å²) in [5, 5.41) is 4.28. The fourth-order valence-corrected chi connectivity index (χ4v) is 1.85. The van der Waals surface area contributed by atoms with E-state index >= 15 is 0 Å². The molecule has 0 fully saturated rings. The van der Waals surface area contributed by atoms with Crippen molar-refractivity contribution in [2.45, 2.75) is 13.5 Å². The fourth-order valence-electron chi connectivity index (χ4n) is 1.85. The molecule has 0 aliphatic rings. The first kappa shape index (κ1) is 9.15. The van der Waals surface area contributed by atoms with Crippen molar-refractivity contribution in [2.75, 3.05) is 0 Å². The summed E-state index contributed by atoms with van der Waals surface area (Å²) < 4.78 is 3.99. The quantitative estimate of drug-likeness (QED) is 0.653. The lowest BCUT2D eigenvalue weighted by Crippen LogP contribution is -1.92. The van der Waals surface area contributed by atoms with Gasteiger partial charge in [-0.25, -0.2) is 4.98 Å². The van der Waals surface area contributed by atoms with Gasteiger partial charge < -0.3 is 4.40 Å². The molecule has 0 aliphatic carbocycles. The molecule has 0 bridgehead atoms. The summed E-state index contributed by atoms with van der Waals surface area (Å²) in [4.78, 5) is 4.29. The molecule has 80 valence electrons. The van der Waals surface area contributed by atoms with Crippen LogP contribution in [0.25, 0.3) is 16.9 Å². The van der Waals surface area contributed by atoms with E-state index in [1.54, 1.807) is 6.20 Å². The SMILES string of the molecule is CCn1cc(-c2ccc3ncccn23)cn1. The third kappa shape index (κ3) is 1.31. The van der Waals surface area contributed by atoms with E-state index in [0.717, 1.165) is 23.4 Å². The van der Waals surface area contributed by atoms with Crippen molar-refractivity contribution in [3.8, 4) is 11.3 Å². The number of aromatic nitrogens is 4. The Morgan fingerprint density at radius 2 is 2.25 bits per heavy atom. The maximum Gasteiger partial charge on any atom is 0.137 e. The molecule has 0 atom stereocenters. The summed E-state index contributed by atoms with van der Waals surface area (Å²) in [6.45, 7) is 2.97. The summed E-state index contributed by atoms with van der Waals surface area (Å²) in [6, 6.07) is 6.01. The zero-order chi connectivity index (χ0) is 11.0. The van der Waals surface area contributed by atoms with Crippen LogP contribution in [0.4, 0.5) is 0 Å². The Kier molecular flexibility index (Phi) is 1.99. The first-order valence-electron chi connectivity index (χ1n) is 5.33. The van der Waals surface area contributed by atoms with Crippen LogP contribution >= 0.6 is 0 Å². The highest BCUT2D eigenvalue weighted by atomic mass is 15.3. The second kappa shape index (κ2) is 3.48. The van der Waals surface area contributed by atoms with Gasteiger partial charge in [0.2, 0.25) is 0 Å². The molecule has 3 heterocycles. The van der Waals surface area contributed by atoms with Crippen LogP contribution in [-0.2, 0) is 6.54 Å². The highest BCUT2D eigenvalue weighted by Crippen LogP contribution is 2.20. The van der Waals surface area contributed by atoms with Gasteiger partial charge >= 0.3 is 0 Å². The van der Waals surface area contributed by atoms with Crippen molar-refractivity contribution < 1.29 is 0 Å². The summed E-state index contributed by atoms with van der Waals surface area (Å²) in [5.74, 6) is 0. The molecule has 3 aromatic heterocycles. The second-order valence-electron chi connectivity index (χ2n) is 3.65. The molecule has 0 radical (unpaired) electrons. The fraction of sp³-hybridized carbons (Fsp3) is 0.167. The van der Waals surface area contributed by atoms with Gasteiger partial charge in [-0.3, -0.25) is 4.68 Å². The Hall–Kier alpha value is -2.10. The van der Waals surface area contributed by atoms with Gasteiger partial charge in [-0.05, 0) is 25.1 Å². The highest BCUT2D eigenvalue weighted by molar-refractivity contribution is 5.63. The van der Waals surface area contributed by atoms with E-state index in [1.807, 2.05) is 29.2 Å². The molecule has 0 aromatic carbocycles. The lowest BCUT2D eigenvalue weighted by molar-refractivity contribution is 0.660. The monoisotopic (exact) mass is 212 g/mol. The Balaban J connectivity index is 2.18. The number of rotatable bonds is 2. The average Bonchev–Trinajstić information content (AvgIpc) is 2.94. The third-order valence-electron chi connectivity index (χ3n) is 2.68. The minimum atomic E-state index is 0.890. The summed E-state index contributed by atoms with van der Waals surface area (Å²) in [5.41, 5.74) is 3.21. The van der Waals surface area contributed by atoms with Crippen molar-refractivity contribution in [3.63, 3.8) is 0 Å². The van der Waals surface area contributed by atoms with E-state index < -0.39 is 0 Å². The summed E-state index contributed by atoms with van der Waals surface area (Å²) in [7, 11) is 0. The van der Waals surface area contributed by atoms with Gasteiger partial charge in [-0.2, -0.15) is 5.10 Å². The van der Waals surface area contributed by atoms with Crippen LogP contribution in [0, 0.1) is 0 Å². The number of aryl methyl sites for hydroxylation is 1. The van der Waals surface area contributed by atoms with E-state index in [2.05, 4.69) is 33.7 Å². The summed E-state index contributed by atoms with van der Waals surface area (Å²) in [6.07, 6.45) is 7.75. The molecule has 0 amide bonds. The molecular weight excluding hydrogens is 200 g/mol. The number of nitrogens with zero attached hydrogens (tertiary/aromatic N) is 4.